The highest BCUT2D eigenvalue weighted by Gasteiger charge is 2.25. The summed E-state index contributed by atoms with van der Waals surface area (Å²) in [6.45, 7) is 14.6. The first kappa shape index (κ1) is 37.7. The topological polar surface area (TPSA) is 33.2 Å². The van der Waals surface area contributed by atoms with Crippen molar-refractivity contribution in [3.05, 3.63) is 161 Å². The monoisotopic (exact) mass is 739 g/mol. The predicted octanol–water partition coefficient (Wildman–Crippen LogP) is 7.67. The van der Waals surface area contributed by atoms with Crippen LogP contribution in [0.2, 0.25) is 0 Å². The van der Waals surface area contributed by atoms with Crippen molar-refractivity contribution in [1.29, 1.82) is 0 Å². The fourth-order valence-electron chi connectivity index (χ4n) is 7.30. The number of rotatable bonds is 14. The molecular weight excluding hydrogens is 690 g/mol. The van der Waals surface area contributed by atoms with E-state index in [9.17, 15) is 4.79 Å². The van der Waals surface area contributed by atoms with Crippen LogP contribution in [-0.4, -0.2) is 46.5 Å². The normalized spacial score (nSPS) is 11.3. The average Bonchev–Trinajstić information content (AvgIpc) is 3.15. The highest BCUT2D eigenvalue weighted by molar-refractivity contribution is 5.96. The molecule has 0 N–H and O–H groups in total. The lowest BCUT2D eigenvalue weighted by Crippen LogP contribution is -3.00. The molecule has 1 aromatic heterocycles. The second kappa shape index (κ2) is 17.6. The molecule has 0 atom stereocenters. The van der Waals surface area contributed by atoms with Crippen molar-refractivity contribution in [1.82, 2.24) is 9.88 Å². The number of carbonyl (C=O) groups is 1. The Morgan fingerprint density at radius 3 is 1.78 bits per heavy atom. The number of aryl methyl sites for hydroxylation is 2. The van der Waals surface area contributed by atoms with E-state index in [0.717, 1.165) is 71.6 Å². The minimum Gasteiger partial charge on any atom is -1.00 e. The van der Waals surface area contributed by atoms with Crippen molar-refractivity contribution >= 4 is 16.7 Å². The zero-order valence-electron chi connectivity index (χ0n) is 30.5. The number of quaternary nitrogens is 1. The third-order valence-electron chi connectivity index (χ3n) is 10.1. The van der Waals surface area contributed by atoms with Crippen LogP contribution in [0.15, 0.2) is 133 Å². The maximum absolute atomic E-state index is 14.7. The SMILES string of the molecule is CC[N+](CC)(CCCCN(Cc1ccc2ccccc2c1)C(=O)c1cc(-c2ccccc2)nc(-c2ccccc2)c1)Cc1cc(C)cc(C)c1.[Br-]. The molecule has 0 aliphatic rings. The van der Waals surface area contributed by atoms with Gasteiger partial charge in [-0.05, 0) is 75.1 Å². The van der Waals surface area contributed by atoms with Gasteiger partial charge in [0.15, 0.2) is 0 Å². The first-order valence-electron chi connectivity index (χ1n) is 18.2. The Bertz CT molecular complexity index is 1960. The van der Waals surface area contributed by atoms with Crippen molar-refractivity contribution in [3.8, 4) is 22.5 Å². The third-order valence-corrected chi connectivity index (χ3v) is 10.1. The van der Waals surface area contributed by atoms with Crippen LogP contribution < -0.4 is 17.0 Å². The summed E-state index contributed by atoms with van der Waals surface area (Å²) < 4.78 is 1.05. The van der Waals surface area contributed by atoms with Gasteiger partial charge in [0.25, 0.3) is 5.91 Å². The maximum atomic E-state index is 14.7. The Balaban J connectivity index is 0.00000504. The zero-order chi connectivity index (χ0) is 34.9. The lowest BCUT2D eigenvalue weighted by Gasteiger charge is -2.37. The fourth-order valence-corrected chi connectivity index (χ4v) is 7.30. The number of pyridine rings is 1. The van der Waals surface area contributed by atoms with Gasteiger partial charge in [-0.3, -0.25) is 4.79 Å². The predicted molar refractivity (Wildman–Crippen MR) is 209 cm³/mol. The molecule has 0 aliphatic heterocycles. The van der Waals surface area contributed by atoms with Crippen LogP contribution >= 0.6 is 0 Å². The standard InChI is InChI=1S/C46H50N3O.BrH/c1-5-49(6-2,34-38-28-35(3)27-36(4)29-38)26-16-15-25-48(33-37-23-24-39-17-13-14-22-42(39)30-37)46(50)43-31-44(40-18-9-7-10-19-40)47-45(32-43)41-20-11-8-12-21-41;/h7-14,17-24,27-32H,5-6,15-16,25-26,33-34H2,1-4H3;1H/q+1;/p-1. The highest BCUT2D eigenvalue weighted by atomic mass is 79.9. The molecule has 0 bridgehead atoms. The van der Waals surface area contributed by atoms with Gasteiger partial charge in [-0.1, -0.05) is 126 Å². The number of halogens is 1. The van der Waals surface area contributed by atoms with Crippen LogP contribution in [0.1, 0.15) is 59.3 Å². The second-order valence-corrected chi connectivity index (χ2v) is 13.8. The molecule has 0 spiro atoms. The van der Waals surface area contributed by atoms with Gasteiger partial charge in [0.1, 0.15) is 6.54 Å². The smallest absolute Gasteiger partial charge is 0.254 e. The Labute approximate surface area is 315 Å². The number of hydrogen-bond donors (Lipinski definition) is 0. The van der Waals surface area contributed by atoms with Crippen molar-refractivity contribution < 1.29 is 26.3 Å². The van der Waals surface area contributed by atoms with Gasteiger partial charge in [-0.25, -0.2) is 4.98 Å². The number of hydrogen-bond acceptors (Lipinski definition) is 2. The molecule has 6 aromatic rings. The number of fused-ring (bicyclic) bond motifs is 1. The lowest BCUT2D eigenvalue weighted by atomic mass is 10.0. The number of amides is 1. The Hall–Kier alpha value is -4.58. The van der Waals surface area contributed by atoms with Gasteiger partial charge in [-0.15, -0.1) is 0 Å². The van der Waals surface area contributed by atoms with E-state index in [1.54, 1.807) is 0 Å². The van der Waals surface area contributed by atoms with E-state index >= 15 is 0 Å². The van der Waals surface area contributed by atoms with E-state index in [-0.39, 0.29) is 22.9 Å². The minimum atomic E-state index is 0. The van der Waals surface area contributed by atoms with Crippen molar-refractivity contribution in [2.24, 2.45) is 0 Å². The molecule has 1 amide bonds. The minimum absolute atomic E-state index is 0. The number of unbranched alkanes of at least 4 members (excludes halogenated alkanes) is 1. The first-order valence-corrected chi connectivity index (χ1v) is 18.2. The number of carbonyl (C=O) groups excluding carboxylic acids is 1. The van der Waals surface area contributed by atoms with Crippen molar-refractivity contribution in [2.45, 2.75) is 53.6 Å². The quantitative estimate of drug-likeness (QED) is 0.0849. The molecule has 0 aliphatic carbocycles. The molecule has 1 heterocycles. The first-order chi connectivity index (χ1) is 24.3. The molecule has 0 saturated carbocycles. The summed E-state index contributed by atoms with van der Waals surface area (Å²) in [5, 5.41) is 2.40. The van der Waals surface area contributed by atoms with Gasteiger partial charge in [0, 0.05) is 35.3 Å². The molecule has 0 fully saturated rings. The van der Waals surface area contributed by atoms with Gasteiger partial charge in [-0.2, -0.15) is 0 Å². The van der Waals surface area contributed by atoms with Crippen LogP contribution in [0, 0.1) is 13.8 Å². The van der Waals surface area contributed by atoms with Crippen LogP contribution in [-0.2, 0) is 13.1 Å². The van der Waals surface area contributed by atoms with Crippen LogP contribution in [0.25, 0.3) is 33.3 Å². The summed E-state index contributed by atoms with van der Waals surface area (Å²) in [4.78, 5) is 21.8. The van der Waals surface area contributed by atoms with Gasteiger partial charge in [0.2, 0.25) is 0 Å². The molecule has 0 saturated heterocycles. The molecule has 51 heavy (non-hydrogen) atoms. The average molecular weight is 741 g/mol. The Morgan fingerprint density at radius 2 is 1.20 bits per heavy atom. The summed E-state index contributed by atoms with van der Waals surface area (Å²) >= 11 is 0. The van der Waals surface area contributed by atoms with E-state index in [2.05, 4.69) is 118 Å². The molecule has 0 radical (unpaired) electrons. The van der Waals surface area contributed by atoms with E-state index in [4.69, 9.17) is 4.98 Å². The highest BCUT2D eigenvalue weighted by Crippen LogP contribution is 2.27. The molecule has 5 heteroatoms. The molecule has 5 aromatic carbocycles. The van der Waals surface area contributed by atoms with Crippen LogP contribution in [0.4, 0.5) is 0 Å². The maximum Gasteiger partial charge on any atom is 0.254 e. The lowest BCUT2D eigenvalue weighted by molar-refractivity contribution is -0.938. The van der Waals surface area contributed by atoms with Crippen molar-refractivity contribution in [2.75, 3.05) is 26.2 Å². The number of benzene rings is 5. The third kappa shape index (κ3) is 9.61. The van der Waals surface area contributed by atoms with E-state index in [0.29, 0.717) is 18.7 Å². The Morgan fingerprint density at radius 1 is 0.627 bits per heavy atom. The second-order valence-electron chi connectivity index (χ2n) is 13.8. The summed E-state index contributed by atoms with van der Waals surface area (Å²) in [6, 6.07) is 46.2. The van der Waals surface area contributed by atoms with Gasteiger partial charge < -0.3 is 26.4 Å². The van der Waals surface area contributed by atoms with Crippen LogP contribution in [0.5, 0.6) is 0 Å². The van der Waals surface area contributed by atoms with Gasteiger partial charge >= 0.3 is 0 Å². The molecule has 0 unspecified atom stereocenters. The van der Waals surface area contributed by atoms with Crippen molar-refractivity contribution in [3.63, 3.8) is 0 Å². The number of nitrogens with zero attached hydrogens (tertiary/aromatic N) is 3. The number of aromatic nitrogens is 1. The van der Waals surface area contributed by atoms with Gasteiger partial charge in [0.05, 0.1) is 31.0 Å². The van der Waals surface area contributed by atoms with E-state index in [1.807, 2.05) is 48.5 Å². The van der Waals surface area contributed by atoms with E-state index in [1.165, 1.54) is 27.5 Å². The summed E-state index contributed by atoms with van der Waals surface area (Å²) in [5.41, 5.74) is 9.49. The summed E-state index contributed by atoms with van der Waals surface area (Å²) in [5.74, 6) is 0.0388. The molecular formula is C46H50BrN3O. The zero-order valence-corrected chi connectivity index (χ0v) is 32.1. The molecule has 4 nitrogen and oxygen atoms in total. The Kier molecular flexibility index (Phi) is 13.0. The van der Waals surface area contributed by atoms with Crippen LogP contribution in [0.3, 0.4) is 0 Å². The fraction of sp³-hybridized carbons (Fsp3) is 0.261. The summed E-state index contributed by atoms with van der Waals surface area (Å²) in [7, 11) is 0. The largest absolute Gasteiger partial charge is 1.00 e. The van der Waals surface area contributed by atoms with E-state index < -0.39 is 0 Å². The summed E-state index contributed by atoms with van der Waals surface area (Å²) in [6.07, 6.45) is 1.99. The molecule has 6 rings (SSSR count). The molecule has 262 valence electrons.